The maximum atomic E-state index is 6.06. The first-order chi connectivity index (χ1) is 16.0. The number of rotatable bonds is 9. The molecule has 0 N–H and O–H groups in total. The summed E-state index contributed by atoms with van der Waals surface area (Å²) in [5, 5.41) is 0. The summed E-state index contributed by atoms with van der Waals surface area (Å²) >= 11 is 0. The second-order valence-electron chi connectivity index (χ2n) is 9.08. The Morgan fingerprint density at radius 1 is 0.818 bits per heavy atom. The SMILES string of the molecule is COc1ccccc1OCc1nc2ccccc2n1CCCOc1ccc(C(C)(C)C)cc1. The van der Waals surface area contributed by atoms with Crippen LogP contribution in [-0.2, 0) is 18.6 Å². The monoisotopic (exact) mass is 444 g/mol. The van der Waals surface area contributed by atoms with E-state index in [0.29, 0.717) is 24.7 Å². The van der Waals surface area contributed by atoms with Crippen molar-refractivity contribution in [2.75, 3.05) is 13.7 Å². The van der Waals surface area contributed by atoms with Crippen molar-refractivity contribution in [2.24, 2.45) is 0 Å². The Bertz CT molecular complexity index is 1190. The topological polar surface area (TPSA) is 45.5 Å². The molecular weight excluding hydrogens is 412 g/mol. The highest BCUT2D eigenvalue weighted by Crippen LogP contribution is 2.27. The van der Waals surface area contributed by atoms with Gasteiger partial charge in [-0.1, -0.05) is 57.2 Å². The molecule has 0 aliphatic carbocycles. The fraction of sp³-hybridized carbons (Fsp3) is 0.321. The van der Waals surface area contributed by atoms with Gasteiger partial charge in [-0.15, -0.1) is 0 Å². The zero-order chi connectivity index (χ0) is 23.3. The molecule has 0 atom stereocenters. The van der Waals surface area contributed by atoms with Gasteiger partial charge in [-0.2, -0.15) is 0 Å². The highest BCUT2D eigenvalue weighted by atomic mass is 16.5. The third-order valence-corrected chi connectivity index (χ3v) is 5.67. The number of ether oxygens (including phenoxy) is 3. The summed E-state index contributed by atoms with van der Waals surface area (Å²) in [6.45, 7) is 8.44. The Kier molecular flexibility index (Phi) is 6.87. The molecule has 1 heterocycles. The lowest BCUT2D eigenvalue weighted by Gasteiger charge is -2.19. The standard InChI is InChI=1S/C28H32N2O3/c1-28(2,3)21-14-16-22(17-15-21)32-19-9-18-30-24-11-6-5-10-23(24)29-27(30)20-33-26-13-8-7-12-25(26)31-4/h5-8,10-17H,9,18-20H2,1-4H3. The number of benzene rings is 3. The zero-order valence-corrected chi connectivity index (χ0v) is 19.9. The van der Waals surface area contributed by atoms with E-state index in [1.165, 1.54) is 5.56 Å². The van der Waals surface area contributed by atoms with Crippen molar-refractivity contribution in [3.8, 4) is 17.2 Å². The Labute approximate surface area is 195 Å². The number of aryl methyl sites for hydroxylation is 1. The lowest BCUT2D eigenvalue weighted by atomic mass is 9.87. The number of imidazole rings is 1. The molecule has 0 aliphatic rings. The van der Waals surface area contributed by atoms with Crippen molar-refractivity contribution in [3.63, 3.8) is 0 Å². The van der Waals surface area contributed by atoms with Crippen molar-refractivity contribution in [3.05, 3.63) is 84.2 Å². The first-order valence-electron chi connectivity index (χ1n) is 11.4. The molecule has 4 aromatic rings. The van der Waals surface area contributed by atoms with Gasteiger partial charge >= 0.3 is 0 Å². The number of hydrogen-bond donors (Lipinski definition) is 0. The fourth-order valence-corrected chi connectivity index (χ4v) is 3.83. The van der Waals surface area contributed by atoms with Gasteiger partial charge < -0.3 is 18.8 Å². The Hall–Kier alpha value is -3.47. The van der Waals surface area contributed by atoms with Gasteiger partial charge in [-0.25, -0.2) is 4.98 Å². The van der Waals surface area contributed by atoms with Gasteiger partial charge in [-0.3, -0.25) is 0 Å². The van der Waals surface area contributed by atoms with Crippen LogP contribution in [0.1, 0.15) is 38.6 Å². The summed E-state index contributed by atoms with van der Waals surface area (Å²) in [7, 11) is 1.65. The van der Waals surface area contributed by atoms with Gasteiger partial charge in [0, 0.05) is 6.54 Å². The minimum Gasteiger partial charge on any atom is -0.494 e. The number of para-hydroxylation sites is 4. The third kappa shape index (κ3) is 5.48. The van der Waals surface area contributed by atoms with E-state index in [-0.39, 0.29) is 5.41 Å². The largest absolute Gasteiger partial charge is 0.494 e. The molecule has 4 rings (SSSR count). The van der Waals surface area contributed by atoms with Gasteiger partial charge in [0.05, 0.1) is 24.8 Å². The summed E-state index contributed by atoms with van der Waals surface area (Å²) < 4.78 is 19.7. The molecule has 0 spiro atoms. The first-order valence-corrected chi connectivity index (χ1v) is 11.4. The van der Waals surface area contributed by atoms with E-state index < -0.39 is 0 Å². The van der Waals surface area contributed by atoms with Crippen LogP contribution in [0.5, 0.6) is 17.2 Å². The van der Waals surface area contributed by atoms with Crippen LogP contribution in [0.15, 0.2) is 72.8 Å². The van der Waals surface area contributed by atoms with Gasteiger partial charge in [0.2, 0.25) is 0 Å². The molecule has 5 nitrogen and oxygen atoms in total. The second-order valence-corrected chi connectivity index (χ2v) is 9.08. The molecular formula is C28H32N2O3. The van der Waals surface area contributed by atoms with E-state index in [1.807, 2.05) is 42.5 Å². The number of fused-ring (bicyclic) bond motifs is 1. The van der Waals surface area contributed by atoms with Gasteiger partial charge in [-0.05, 0) is 53.8 Å². The molecule has 0 unspecified atom stereocenters. The number of hydrogen-bond acceptors (Lipinski definition) is 4. The van der Waals surface area contributed by atoms with Crippen molar-refractivity contribution in [1.29, 1.82) is 0 Å². The molecule has 33 heavy (non-hydrogen) atoms. The smallest absolute Gasteiger partial charge is 0.161 e. The lowest BCUT2D eigenvalue weighted by molar-refractivity contribution is 0.267. The van der Waals surface area contributed by atoms with Crippen molar-refractivity contribution < 1.29 is 14.2 Å². The van der Waals surface area contributed by atoms with Crippen LogP contribution in [0, 0.1) is 0 Å². The summed E-state index contributed by atoms with van der Waals surface area (Å²) in [6.07, 6.45) is 0.864. The van der Waals surface area contributed by atoms with Crippen molar-refractivity contribution >= 4 is 11.0 Å². The van der Waals surface area contributed by atoms with Crippen molar-refractivity contribution in [2.45, 2.75) is 45.8 Å². The Morgan fingerprint density at radius 3 is 2.24 bits per heavy atom. The Balaban J connectivity index is 1.41. The normalized spacial score (nSPS) is 11.5. The van der Waals surface area contributed by atoms with Crippen LogP contribution in [0.25, 0.3) is 11.0 Å². The van der Waals surface area contributed by atoms with Gasteiger partial charge in [0.15, 0.2) is 11.5 Å². The highest BCUT2D eigenvalue weighted by Gasteiger charge is 2.14. The molecule has 0 radical (unpaired) electrons. The summed E-state index contributed by atoms with van der Waals surface area (Å²) in [5.41, 5.74) is 3.52. The third-order valence-electron chi connectivity index (χ3n) is 5.67. The van der Waals surface area contributed by atoms with E-state index in [9.17, 15) is 0 Å². The van der Waals surface area contributed by atoms with E-state index in [2.05, 4.69) is 55.7 Å². The van der Waals surface area contributed by atoms with E-state index in [4.69, 9.17) is 19.2 Å². The molecule has 3 aromatic carbocycles. The molecule has 0 fully saturated rings. The Morgan fingerprint density at radius 2 is 1.52 bits per heavy atom. The molecule has 1 aromatic heterocycles. The predicted molar refractivity (Wildman–Crippen MR) is 132 cm³/mol. The molecule has 5 heteroatoms. The van der Waals surface area contributed by atoms with Crippen LogP contribution in [-0.4, -0.2) is 23.3 Å². The molecule has 0 amide bonds. The van der Waals surface area contributed by atoms with E-state index in [0.717, 1.165) is 35.6 Å². The fourth-order valence-electron chi connectivity index (χ4n) is 3.83. The molecule has 0 saturated carbocycles. The summed E-state index contributed by atoms with van der Waals surface area (Å²) in [4.78, 5) is 4.81. The minimum absolute atomic E-state index is 0.142. The van der Waals surface area contributed by atoms with Crippen molar-refractivity contribution in [1.82, 2.24) is 9.55 Å². The maximum Gasteiger partial charge on any atom is 0.161 e. The molecule has 172 valence electrons. The van der Waals surface area contributed by atoms with Crippen LogP contribution in [0.3, 0.4) is 0 Å². The first kappa shape index (κ1) is 22.7. The highest BCUT2D eigenvalue weighted by molar-refractivity contribution is 5.75. The number of nitrogens with zero attached hydrogens (tertiary/aromatic N) is 2. The van der Waals surface area contributed by atoms with Crippen LogP contribution < -0.4 is 14.2 Å². The molecule has 0 bridgehead atoms. The maximum absolute atomic E-state index is 6.06. The van der Waals surface area contributed by atoms with Crippen LogP contribution >= 0.6 is 0 Å². The zero-order valence-electron chi connectivity index (χ0n) is 19.9. The molecule has 0 aliphatic heterocycles. The number of methoxy groups -OCH3 is 1. The van der Waals surface area contributed by atoms with Gasteiger partial charge in [0.1, 0.15) is 18.2 Å². The molecule has 0 saturated heterocycles. The second kappa shape index (κ2) is 9.99. The van der Waals surface area contributed by atoms with Crippen LogP contribution in [0.2, 0.25) is 0 Å². The van der Waals surface area contributed by atoms with E-state index >= 15 is 0 Å². The summed E-state index contributed by atoms with van der Waals surface area (Å²) in [5.74, 6) is 3.21. The number of aromatic nitrogens is 2. The quantitative estimate of drug-likeness (QED) is 0.281. The average Bonchev–Trinajstić information content (AvgIpc) is 3.18. The van der Waals surface area contributed by atoms with E-state index in [1.54, 1.807) is 7.11 Å². The predicted octanol–water partition coefficient (Wildman–Crippen LogP) is 6.39. The minimum atomic E-state index is 0.142. The summed E-state index contributed by atoms with van der Waals surface area (Å²) in [6, 6.07) is 24.2. The lowest BCUT2D eigenvalue weighted by Crippen LogP contribution is -2.11. The van der Waals surface area contributed by atoms with Crippen LogP contribution in [0.4, 0.5) is 0 Å². The van der Waals surface area contributed by atoms with Gasteiger partial charge in [0.25, 0.3) is 0 Å². The average molecular weight is 445 g/mol.